The SMILES string of the molecule is C[C@@H](NC(=O)CN(C)c1ccccc1)c1cc2ccccc2o1. The Balaban J connectivity index is 1.63. The maximum atomic E-state index is 12.2. The van der Waals surface area contributed by atoms with Crippen LogP contribution < -0.4 is 10.2 Å². The molecule has 0 fully saturated rings. The van der Waals surface area contributed by atoms with Gasteiger partial charge in [-0.3, -0.25) is 4.79 Å². The molecule has 0 spiro atoms. The van der Waals surface area contributed by atoms with Crippen molar-refractivity contribution in [3.8, 4) is 0 Å². The summed E-state index contributed by atoms with van der Waals surface area (Å²) in [7, 11) is 1.90. The van der Waals surface area contributed by atoms with Gasteiger partial charge in [0.2, 0.25) is 5.91 Å². The summed E-state index contributed by atoms with van der Waals surface area (Å²) in [4.78, 5) is 14.1. The van der Waals surface area contributed by atoms with Crippen LogP contribution in [0.1, 0.15) is 18.7 Å². The van der Waals surface area contributed by atoms with E-state index in [0.29, 0.717) is 6.54 Å². The minimum Gasteiger partial charge on any atom is -0.459 e. The molecule has 3 rings (SSSR count). The number of hydrogen-bond acceptors (Lipinski definition) is 3. The lowest BCUT2D eigenvalue weighted by molar-refractivity contribution is -0.120. The molecule has 23 heavy (non-hydrogen) atoms. The van der Waals surface area contributed by atoms with Gasteiger partial charge in [0.05, 0.1) is 12.6 Å². The van der Waals surface area contributed by atoms with Crippen LogP contribution in [0.25, 0.3) is 11.0 Å². The summed E-state index contributed by atoms with van der Waals surface area (Å²) >= 11 is 0. The van der Waals surface area contributed by atoms with Crippen molar-refractivity contribution in [2.24, 2.45) is 0 Å². The average Bonchev–Trinajstić information content (AvgIpc) is 2.99. The van der Waals surface area contributed by atoms with Gasteiger partial charge in [0, 0.05) is 18.1 Å². The highest BCUT2D eigenvalue weighted by Crippen LogP contribution is 2.23. The van der Waals surface area contributed by atoms with Crippen molar-refractivity contribution in [2.45, 2.75) is 13.0 Å². The Bertz CT molecular complexity index is 762. The number of para-hydroxylation sites is 2. The first kappa shape index (κ1) is 15.2. The van der Waals surface area contributed by atoms with Crippen molar-refractivity contribution < 1.29 is 9.21 Å². The van der Waals surface area contributed by atoms with E-state index in [0.717, 1.165) is 22.4 Å². The molecule has 4 nitrogen and oxygen atoms in total. The van der Waals surface area contributed by atoms with Gasteiger partial charge < -0.3 is 14.6 Å². The average molecular weight is 308 g/mol. The predicted octanol–water partition coefficient (Wildman–Crippen LogP) is 3.75. The quantitative estimate of drug-likeness (QED) is 0.781. The third-order valence-electron chi connectivity index (χ3n) is 3.83. The van der Waals surface area contributed by atoms with E-state index in [1.165, 1.54) is 0 Å². The van der Waals surface area contributed by atoms with Crippen molar-refractivity contribution in [1.29, 1.82) is 0 Å². The van der Waals surface area contributed by atoms with E-state index < -0.39 is 0 Å². The third-order valence-corrected chi connectivity index (χ3v) is 3.83. The van der Waals surface area contributed by atoms with Gasteiger partial charge in [-0.15, -0.1) is 0 Å². The summed E-state index contributed by atoms with van der Waals surface area (Å²) in [5.74, 6) is 0.728. The molecule has 1 atom stereocenters. The number of benzene rings is 2. The lowest BCUT2D eigenvalue weighted by Gasteiger charge is -2.20. The lowest BCUT2D eigenvalue weighted by Crippen LogP contribution is -2.36. The highest BCUT2D eigenvalue weighted by Gasteiger charge is 2.15. The highest BCUT2D eigenvalue weighted by molar-refractivity contribution is 5.82. The number of carbonyl (C=O) groups is 1. The van der Waals surface area contributed by atoms with E-state index in [4.69, 9.17) is 4.42 Å². The van der Waals surface area contributed by atoms with Gasteiger partial charge in [0.1, 0.15) is 11.3 Å². The molecule has 0 bridgehead atoms. The Hall–Kier alpha value is -2.75. The number of nitrogens with zero attached hydrogens (tertiary/aromatic N) is 1. The fourth-order valence-electron chi connectivity index (χ4n) is 2.56. The highest BCUT2D eigenvalue weighted by atomic mass is 16.3. The molecule has 0 aliphatic carbocycles. The summed E-state index contributed by atoms with van der Waals surface area (Å²) in [5.41, 5.74) is 1.85. The van der Waals surface area contributed by atoms with Crippen LogP contribution in [0.3, 0.4) is 0 Å². The number of fused-ring (bicyclic) bond motifs is 1. The standard InChI is InChI=1S/C19H20N2O2/c1-14(18-12-15-8-6-7-11-17(15)23-18)20-19(22)13-21(2)16-9-4-3-5-10-16/h3-12,14H,13H2,1-2H3,(H,20,22)/t14-/m1/s1. The molecule has 0 aliphatic heterocycles. The number of hydrogen-bond donors (Lipinski definition) is 1. The molecule has 0 unspecified atom stereocenters. The summed E-state index contributed by atoms with van der Waals surface area (Å²) in [6, 6.07) is 19.5. The number of amides is 1. The van der Waals surface area contributed by atoms with Gasteiger partial charge in [0.25, 0.3) is 0 Å². The Labute approximate surface area is 135 Å². The van der Waals surface area contributed by atoms with Gasteiger partial charge in [-0.25, -0.2) is 0 Å². The monoisotopic (exact) mass is 308 g/mol. The first-order valence-corrected chi connectivity index (χ1v) is 7.67. The van der Waals surface area contributed by atoms with E-state index in [1.54, 1.807) is 0 Å². The van der Waals surface area contributed by atoms with Crippen molar-refractivity contribution in [2.75, 3.05) is 18.5 Å². The normalized spacial score (nSPS) is 12.1. The fraction of sp³-hybridized carbons (Fsp3) is 0.211. The molecular formula is C19H20N2O2. The van der Waals surface area contributed by atoms with E-state index in [-0.39, 0.29) is 11.9 Å². The van der Waals surface area contributed by atoms with Gasteiger partial charge in [-0.1, -0.05) is 36.4 Å². The van der Waals surface area contributed by atoms with Crippen LogP contribution >= 0.6 is 0 Å². The maximum absolute atomic E-state index is 12.2. The molecule has 3 aromatic rings. The second-order valence-electron chi connectivity index (χ2n) is 5.67. The number of nitrogens with one attached hydrogen (secondary N) is 1. The zero-order chi connectivity index (χ0) is 16.2. The Morgan fingerprint density at radius 1 is 1.13 bits per heavy atom. The van der Waals surface area contributed by atoms with E-state index in [2.05, 4.69) is 5.32 Å². The smallest absolute Gasteiger partial charge is 0.240 e. The van der Waals surface area contributed by atoms with Crippen LogP contribution in [0.5, 0.6) is 0 Å². The summed E-state index contributed by atoms with van der Waals surface area (Å²) < 4.78 is 5.79. The molecule has 0 aliphatic rings. The Kier molecular flexibility index (Phi) is 4.33. The first-order chi connectivity index (χ1) is 11.1. The van der Waals surface area contributed by atoms with Crippen molar-refractivity contribution in [1.82, 2.24) is 5.32 Å². The molecule has 1 aromatic heterocycles. The number of anilines is 1. The second kappa shape index (κ2) is 6.57. The molecule has 0 radical (unpaired) electrons. The van der Waals surface area contributed by atoms with Gasteiger partial charge in [-0.2, -0.15) is 0 Å². The van der Waals surface area contributed by atoms with Gasteiger partial charge in [0.15, 0.2) is 0 Å². The van der Waals surface area contributed by atoms with Crippen LogP contribution in [0.2, 0.25) is 0 Å². The van der Waals surface area contributed by atoms with Crippen molar-refractivity contribution in [3.05, 3.63) is 66.4 Å². The minimum atomic E-state index is -0.168. The Morgan fingerprint density at radius 3 is 2.57 bits per heavy atom. The lowest BCUT2D eigenvalue weighted by atomic mass is 10.2. The molecule has 1 amide bonds. The van der Waals surface area contributed by atoms with Crippen LogP contribution in [-0.2, 0) is 4.79 Å². The third kappa shape index (κ3) is 3.54. The zero-order valence-electron chi connectivity index (χ0n) is 13.3. The molecule has 1 heterocycles. The van der Waals surface area contributed by atoms with E-state index in [9.17, 15) is 4.79 Å². The number of rotatable bonds is 5. The topological polar surface area (TPSA) is 45.5 Å². The second-order valence-corrected chi connectivity index (χ2v) is 5.67. The zero-order valence-corrected chi connectivity index (χ0v) is 13.3. The largest absolute Gasteiger partial charge is 0.459 e. The molecule has 2 aromatic carbocycles. The first-order valence-electron chi connectivity index (χ1n) is 7.67. The fourth-order valence-corrected chi connectivity index (χ4v) is 2.56. The molecule has 4 heteroatoms. The molecule has 0 saturated heterocycles. The molecular weight excluding hydrogens is 288 g/mol. The number of likely N-dealkylation sites (N-methyl/N-ethyl adjacent to an activating group) is 1. The summed E-state index contributed by atoms with van der Waals surface area (Å²) in [6.07, 6.45) is 0. The van der Waals surface area contributed by atoms with Crippen LogP contribution in [0.4, 0.5) is 5.69 Å². The van der Waals surface area contributed by atoms with Crippen molar-refractivity contribution >= 4 is 22.6 Å². The summed E-state index contributed by atoms with van der Waals surface area (Å²) in [5, 5.41) is 4.03. The van der Waals surface area contributed by atoms with Crippen LogP contribution in [0.15, 0.2) is 65.1 Å². The number of furan rings is 1. The Morgan fingerprint density at radius 2 is 1.83 bits per heavy atom. The van der Waals surface area contributed by atoms with Gasteiger partial charge >= 0.3 is 0 Å². The van der Waals surface area contributed by atoms with Gasteiger partial charge in [-0.05, 0) is 31.2 Å². The predicted molar refractivity (Wildman–Crippen MR) is 92.5 cm³/mol. The van der Waals surface area contributed by atoms with E-state index in [1.807, 2.05) is 79.5 Å². The van der Waals surface area contributed by atoms with Crippen molar-refractivity contribution in [3.63, 3.8) is 0 Å². The minimum absolute atomic E-state index is 0.0377. The van der Waals surface area contributed by atoms with Crippen LogP contribution in [0, 0.1) is 0 Å². The molecule has 118 valence electrons. The summed E-state index contributed by atoms with van der Waals surface area (Å²) in [6.45, 7) is 2.23. The number of carbonyl (C=O) groups excluding carboxylic acids is 1. The maximum Gasteiger partial charge on any atom is 0.240 e. The molecule has 0 saturated carbocycles. The molecule has 1 N–H and O–H groups in total. The van der Waals surface area contributed by atoms with E-state index >= 15 is 0 Å². The van der Waals surface area contributed by atoms with Crippen LogP contribution in [-0.4, -0.2) is 19.5 Å².